The van der Waals surface area contributed by atoms with Crippen LogP contribution < -0.4 is 27.0 Å². The first-order valence-corrected chi connectivity index (χ1v) is 18.1. The van der Waals surface area contributed by atoms with E-state index in [1.807, 2.05) is 20.8 Å². The lowest BCUT2D eigenvalue weighted by Gasteiger charge is -2.38. The highest BCUT2D eigenvalue weighted by atomic mass is 16.5. The van der Waals surface area contributed by atoms with Gasteiger partial charge in [0.2, 0.25) is 17.6 Å². The average molecular weight is 673 g/mol. The molecule has 2 aliphatic heterocycles. The highest BCUT2D eigenvalue weighted by Crippen LogP contribution is 2.88. The highest BCUT2D eigenvalue weighted by molar-refractivity contribution is 6.37. The van der Waals surface area contributed by atoms with Gasteiger partial charge in [-0.15, -0.1) is 0 Å². The van der Waals surface area contributed by atoms with Gasteiger partial charge < -0.3 is 36.6 Å². The summed E-state index contributed by atoms with van der Waals surface area (Å²) in [5.74, 6) is -2.39. The molecule has 5 aliphatic rings. The van der Waals surface area contributed by atoms with Gasteiger partial charge in [0.1, 0.15) is 12.1 Å². The number of Topliss-reactive ketones (excluding diaryl/α,β-unsaturated/α-hetero) is 1. The minimum atomic E-state index is -1.07. The van der Waals surface area contributed by atoms with Crippen LogP contribution in [0, 0.1) is 33.0 Å². The van der Waals surface area contributed by atoms with Gasteiger partial charge in [0.25, 0.3) is 5.91 Å². The molecule has 2 saturated heterocycles. The van der Waals surface area contributed by atoms with Crippen molar-refractivity contribution in [3.05, 3.63) is 0 Å². The quantitative estimate of drug-likeness (QED) is 0.198. The van der Waals surface area contributed by atoms with Crippen molar-refractivity contribution in [2.45, 2.75) is 137 Å². The first kappa shape index (κ1) is 36.5. The van der Waals surface area contributed by atoms with Crippen LogP contribution in [-0.2, 0) is 23.9 Å². The smallest absolute Gasteiger partial charge is 0.315 e. The van der Waals surface area contributed by atoms with Gasteiger partial charge in [-0.3, -0.25) is 19.2 Å². The molecule has 3 aliphatic carbocycles. The first-order chi connectivity index (χ1) is 22.2. The molecule has 3 unspecified atom stereocenters. The number of hydrogen-bond acceptors (Lipinski definition) is 7. The normalized spacial score (nSPS) is 28.0. The zero-order chi connectivity index (χ0) is 35.4. The molecule has 0 radical (unpaired) electrons. The van der Waals surface area contributed by atoms with Crippen LogP contribution in [0.5, 0.6) is 0 Å². The number of hydrogen-bond donors (Lipinski definition) is 5. The molecule has 5 fully saturated rings. The fourth-order valence-electron chi connectivity index (χ4n) is 9.15. The summed E-state index contributed by atoms with van der Waals surface area (Å²) in [5.41, 5.74) is 4.22. The molecule has 0 bridgehead atoms. The Morgan fingerprint density at radius 3 is 1.98 bits per heavy atom. The number of nitrogens with zero attached hydrogens (tertiary/aromatic N) is 1. The van der Waals surface area contributed by atoms with Gasteiger partial charge in [-0.25, -0.2) is 4.79 Å². The minimum Gasteiger partial charge on any atom is -0.378 e. The van der Waals surface area contributed by atoms with E-state index in [0.717, 1.165) is 38.5 Å². The molecule has 5 rings (SSSR count). The van der Waals surface area contributed by atoms with Crippen LogP contribution in [0.4, 0.5) is 4.79 Å². The molecule has 48 heavy (non-hydrogen) atoms. The number of primary amides is 1. The van der Waals surface area contributed by atoms with Crippen LogP contribution in [0.1, 0.15) is 107 Å². The Bertz CT molecular complexity index is 1290. The molecule has 5 atom stereocenters. The molecular formula is C36H60N6O6. The van der Waals surface area contributed by atoms with Crippen molar-refractivity contribution in [2.24, 2.45) is 38.7 Å². The fraction of sp³-hybridized carbons (Fsp3) is 0.861. The molecule has 2 spiro atoms. The van der Waals surface area contributed by atoms with Crippen molar-refractivity contribution in [2.75, 3.05) is 26.3 Å². The monoisotopic (exact) mass is 672 g/mol. The molecule has 0 aromatic rings. The van der Waals surface area contributed by atoms with Crippen LogP contribution in [0.25, 0.3) is 0 Å². The summed E-state index contributed by atoms with van der Waals surface area (Å²) in [6.45, 7) is 18.6. The van der Waals surface area contributed by atoms with E-state index in [0.29, 0.717) is 39.1 Å². The number of rotatable bonds is 12. The Balaban J connectivity index is 1.37. The third-order valence-electron chi connectivity index (χ3n) is 13.1. The Morgan fingerprint density at radius 1 is 0.896 bits per heavy atom. The fourth-order valence-corrected chi connectivity index (χ4v) is 9.15. The van der Waals surface area contributed by atoms with Crippen molar-refractivity contribution in [1.82, 2.24) is 26.2 Å². The summed E-state index contributed by atoms with van der Waals surface area (Å²) < 4.78 is 5.28. The van der Waals surface area contributed by atoms with Gasteiger partial charge in [0.15, 0.2) is 0 Å². The number of likely N-dealkylation sites (tertiary alicyclic amines) is 1. The standard InChI is InChI=1S/C36H60N6O6/c1-32(2,3)25(17-38-22-18-48-19-22)40-31(47)41-27(33(4,5)6)30(46)42-20-36(34(7,8)35(36)13-10-14-35)16-24(42)29(45)39-23(26(43)28(37)44)15-21-11-9-12-21/h21-25,27,38H,9-20H2,1-8H3,(H2,37,44)(H,39,45)(H2,40,41,47)/t23?,24-,25?,27+,36?/m0/s1. The number of ketones is 1. The van der Waals surface area contributed by atoms with Crippen molar-refractivity contribution in [3.63, 3.8) is 0 Å². The van der Waals surface area contributed by atoms with E-state index in [9.17, 15) is 24.0 Å². The van der Waals surface area contributed by atoms with E-state index in [1.54, 1.807) is 4.90 Å². The van der Waals surface area contributed by atoms with Crippen LogP contribution in [-0.4, -0.2) is 90.9 Å². The molecule has 2 heterocycles. The average Bonchev–Trinajstić information content (AvgIpc) is 3.13. The highest BCUT2D eigenvalue weighted by Gasteiger charge is 2.85. The van der Waals surface area contributed by atoms with Gasteiger partial charge in [-0.05, 0) is 53.3 Å². The maximum atomic E-state index is 14.7. The molecule has 12 heteroatoms. The Labute approximate surface area is 286 Å². The number of nitrogens with two attached hydrogens (primary N) is 1. The lowest BCUT2D eigenvalue weighted by atomic mass is 9.73. The van der Waals surface area contributed by atoms with Gasteiger partial charge >= 0.3 is 6.03 Å². The second kappa shape index (κ2) is 12.9. The summed E-state index contributed by atoms with van der Waals surface area (Å²) in [5, 5.41) is 12.4. The Kier molecular flexibility index (Phi) is 9.79. The van der Waals surface area contributed by atoms with E-state index in [2.05, 4.69) is 55.9 Å². The first-order valence-electron chi connectivity index (χ1n) is 18.1. The maximum Gasteiger partial charge on any atom is 0.315 e. The minimum absolute atomic E-state index is 0.0579. The zero-order valence-electron chi connectivity index (χ0n) is 30.4. The lowest BCUT2D eigenvalue weighted by Crippen LogP contribution is -2.62. The third kappa shape index (κ3) is 6.48. The van der Waals surface area contributed by atoms with E-state index in [1.165, 1.54) is 0 Å². The predicted octanol–water partition coefficient (Wildman–Crippen LogP) is 2.63. The molecule has 5 amide bonds. The summed E-state index contributed by atoms with van der Waals surface area (Å²) in [6, 6.07) is -3.19. The van der Waals surface area contributed by atoms with Crippen LogP contribution in [0.3, 0.4) is 0 Å². The van der Waals surface area contributed by atoms with E-state index < -0.39 is 47.2 Å². The number of carbonyl (C=O) groups is 5. The molecule has 6 N–H and O–H groups in total. The number of nitrogens with one attached hydrogen (secondary N) is 4. The van der Waals surface area contributed by atoms with Gasteiger partial charge in [-0.2, -0.15) is 0 Å². The Morgan fingerprint density at radius 2 is 1.54 bits per heavy atom. The van der Waals surface area contributed by atoms with Crippen molar-refractivity contribution < 1.29 is 28.7 Å². The predicted molar refractivity (Wildman–Crippen MR) is 181 cm³/mol. The molecule has 0 aromatic carbocycles. The van der Waals surface area contributed by atoms with Crippen LogP contribution in [0.15, 0.2) is 0 Å². The van der Waals surface area contributed by atoms with Crippen molar-refractivity contribution in [1.29, 1.82) is 0 Å². The SMILES string of the molecule is CC(C)(C)C(CNC1COC1)NC(=O)N[C@H](C(=O)N1CC2(C[C@H]1C(=O)NC(CC1CCC1)C(=O)C(N)=O)C(C)(C)C21CCC1)C(C)(C)C. The number of urea groups is 1. The van der Waals surface area contributed by atoms with E-state index >= 15 is 0 Å². The van der Waals surface area contributed by atoms with Crippen molar-refractivity contribution in [3.8, 4) is 0 Å². The topological polar surface area (TPSA) is 172 Å². The van der Waals surface area contributed by atoms with Crippen LogP contribution in [0.2, 0.25) is 0 Å². The number of fused-ring (bicyclic) bond motifs is 1. The third-order valence-corrected chi connectivity index (χ3v) is 13.1. The molecular weight excluding hydrogens is 612 g/mol. The van der Waals surface area contributed by atoms with Gasteiger partial charge in [0, 0.05) is 24.5 Å². The molecule has 12 nitrogen and oxygen atoms in total. The largest absolute Gasteiger partial charge is 0.378 e. The number of carbonyl (C=O) groups excluding carboxylic acids is 5. The lowest BCUT2D eigenvalue weighted by molar-refractivity contribution is -0.143. The van der Waals surface area contributed by atoms with Crippen molar-refractivity contribution >= 4 is 29.5 Å². The summed E-state index contributed by atoms with van der Waals surface area (Å²) >= 11 is 0. The second-order valence-electron chi connectivity index (χ2n) is 18.1. The van der Waals surface area contributed by atoms with Gasteiger partial charge in [-0.1, -0.05) is 81.1 Å². The zero-order valence-corrected chi connectivity index (χ0v) is 30.4. The van der Waals surface area contributed by atoms with Gasteiger partial charge in [0.05, 0.1) is 25.3 Å². The van der Waals surface area contributed by atoms with E-state index in [4.69, 9.17) is 10.5 Å². The number of ether oxygens (including phenoxy) is 1. The molecule has 270 valence electrons. The molecule has 0 aromatic heterocycles. The molecule has 3 saturated carbocycles. The Hall–Kier alpha value is -2.73. The summed E-state index contributed by atoms with van der Waals surface area (Å²) in [7, 11) is 0. The van der Waals surface area contributed by atoms with E-state index in [-0.39, 0.29) is 45.6 Å². The second-order valence-corrected chi connectivity index (χ2v) is 18.1. The number of amides is 5. The summed E-state index contributed by atoms with van der Waals surface area (Å²) in [6.07, 6.45) is 7.00. The summed E-state index contributed by atoms with van der Waals surface area (Å²) in [4.78, 5) is 69.1. The van der Waals surface area contributed by atoms with Crippen LogP contribution >= 0.6 is 0 Å². The maximum absolute atomic E-state index is 14.7.